The summed E-state index contributed by atoms with van der Waals surface area (Å²) in [6.45, 7) is 3.22. The second-order valence-electron chi connectivity index (χ2n) is 1.22. The Morgan fingerprint density at radius 2 is 2.33 bits per heavy atom. The third kappa shape index (κ3) is 4.42. The van der Waals surface area contributed by atoms with Crippen LogP contribution in [0.5, 0.6) is 0 Å². The summed E-state index contributed by atoms with van der Waals surface area (Å²) in [5, 5.41) is 8.19. The fourth-order valence-electron chi connectivity index (χ4n) is 0.211. The summed E-state index contributed by atoms with van der Waals surface area (Å²) in [6.07, 6.45) is 0. The molecule has 0 amide bonds. The SMILES string of the molecule is C=[C]([Au])C(=O)OCCO. The van der Waals surface area contributed by atoms with Crippen LogP contribution < -0.4 is 0 Å². The molecule has 0 aliphatic carbocycles. The number of ether oxygens (including phenoxy) is 1. The van der Waals surface area contributed by atoms with E-state index in [9.17, 15) is 4.79 Å². The molecule has 1 N–H and O–H groups in total. The van der Waals surface area contributed by atoms with Gasteiger partial charge in [0.15, 0.2) is 0 Å². The molecular weight excluding hydrogens is 305 g/mol. The van der Waals surface area contributed by atoms with Gasteiger partial charge in [0.1, 0.15) is 0 Å². The Hall–Kier alpha value is -0.0897. The van der Waals surface area contributed by atoms with Gasteiger partial charge in [0.2, 0.25) is 0 Å². The summed E-state index contributed by atoms with van der Waals surface area (Å²) in [5.41, 5.74) is 0. The van der Waals surface area contributed by atoms with Crippen molar-refractivity contribution in [1.29, 1.82) is 0 Å². The average molecular weight is 312 g/mol. The predicted molar refractivity (Wildman–Crippen MR) is 27.2 cm³/mol. The third-order valence-electron chi connectivity index (χ3n) is 0.530. The minimum atomic E-state index is -0.479. The molecule has 0 aliphatic heterocycles. The van der Waals surface area contributed by atoms with Gasteiger partial charge in [-0.1, -0.05) is 0 Å². The van der Waals surface area contributed by atoms with Crippen LogP contribution in [-0.4, -0.2) is 24.3 Å². The summed E-state index contributed by atoms with van der Waals surface area (Å²) in [5.74, 6) is -0.479. The van der Waals surface area contributed by atoms with Crippen LogP contribution in [0.1, 0.15) is 0 Å². The molecule has 0 unspecified atom stereocenters. The molecule has 0 radical (unpaired) electrons. The van der Waals surface area contributed by atoms with Crippen LogP contribution in [-0.2, 0) is 30.6 Å². The van der Waals surface area contributed by atoms with E-state index in [1.807, 2.05) is 21.1 Å². The van der Waals surface area contributed by atoms with Crippen LogP contribution in [0.4, 0.5) is 0 Å². The predicted octanol–water partition coefficient (Wildman–Crippen LogP) is -0.418. The van der Waals surface area contributed by atoms with Crippen LogP contribution in [0.15, 0.2) is 10.4 Å². The van der Waals surface area contributed by atoms with Crippen molar-refractivity contribution < 1.29 is 35.7 Å². The zero-order valence-electron chi connectivity index (χ0n) is 4.69. The van der Waals surface area contributed by atoms with E-state index in [-0.39, 0.29) is 13.2 Å². The van der Waals surface area contributed by atoms with Crippen molar-refractivity contribution in [2.45, 2.75) is 0 Å². The molecule has 0 aromatic heterocycles. The number of hydrogen-bond acceptors (Lipinski definition) is 3. The van der Waals surface area contributed by atoms with Crippen LogP contribution >= 0.6 is 0 Å². The van der Waals surface area contributed by atoms with Crippen molar-refractivity contribution in [3.05, 3.63) is 10.4 Å². The molecular formula is C5H7AuO3. The molecule has 0 aromatic carbocycles. The van der Waals surface area contributed by atoms with Gasteiger partial charge in [-0.2, -0.15) is 0 Å². The fourth-order valence-corrected chi connectivity index (χ4v) is 0.367. The van der Waals surface area contributed by atoms with Crippen molar-refractivity contribution in [3.8, 4) is 0 Å². The summed E-state index contributed by atoms with van der Waals surface area (Å²) < 4.78 is 4.75. The molecule has 0 bridgehead atoms. The van der Waals surface area contributed by atoms with E-state index in [2.05, 4.69) is 11.3 Å². The molecule has 56 valence electrons. The van der Waals surface area contributed by atoms with Crippen LogP contribution in [0.3, 0.4) is 0 Å². The first-order valence-corrected chi connectivity index (χ1v) is 3.35. The first-order valence-electron chi connectivity index (χ1n) is 2.27. The van der Waals surface area contributed by atoms with Gasteiger partial charge >= 0.3 is 65.3 Å². The Bertz CT molecular complexity index is 121. The summed E-state index contributed by atoms with van der Waals surface area (Å²) in [6, 6.07) is 0. The topological polar surface area (TPSA) is 46.5 Å². The van der Waals surface area contributed by atoms with Gasteiger partial charge in [-0.3, -0.25) is 0 Å². The summed E-state index contributed by atoms with van der Waals surface area (Å²) in [4.78, 5) is 10.5. The number of aliphatic hydroxyl groups excluding tert-OH is 1. The molecule has 0 saturated carbocycles. The van der Waals surface area contributed by atoms with Crippen molar-refractivity contribution in [2.75, 3.05) is 13.2 Å². The Morgan fingerprint density at radius 1 is 1.78 bits per heavy atom. The monoisotopic (exact) mass is 312 g/mol. The number of aliphatic hydroxyl groups is 1. The van der Waals surface area contributed by atoms with E-state index in [4.69, 9.17) is 5.11 Å². The normalized spacial score (nSPS) is 8.78. The van der Waals surface area contributed by atoms with Crippen molar-refractivity contribution in [1.82, 2.24) is 0 Å². The van der Waals surface area contributed by atoms with E-state index in [0.29, 0.717) is 3.79 Å². The Morgan fingerprint density at radius 3 is 2.67 bits per heavy atom. The first-order chi connectivity index (χ1) is 4.18. The molecule has 0 fully saturated rings. The van der Waals surface area contributed by atoms with Gasteiger partial charge in [-0.15, -0.1) is 0 Å². The molecule has 4 heteroatoms. The standard InChI is InChI=1S/C5H7O3.Au/c1-2-5(7)8-4-3-6;/h6H,1,3-4H2;. The Kier molecular flexibility index (Phi) is 4.71. The molecule has 0 saturated heterocycles. The van der Waals surface area contributed by atoms with Gasteiger partial charge in [-0.25, -0.2) is 0 Å². The minimum absolute atomic E-state index is 0.0384. The Balaban J connectivity index is 3.39. The molecule has 0 aliphatic rings. The van der Waals surface area contributed by atoms with Crippen molar-refractivity contribution >= 4 is 5.97 Å². The van der Waals surface area contributed by atoms with E-state index in [1.54, 1.807) is 0 Å². The van der Waals surface area contributed by atoms with E-state index < -0.39 is 5.97 Å². The second kappa shape index (κ2) is 4.76. The van der Waals surface area contributed by atoms with Crippen LogP contribution in [0.25, 0.3) is 0 Å². The molecule has 0 aromatic rings. The quantitative estimate of drug-likeness (QED) is 0.438. The third-order valence-corrected chi connectivity index (χ3v) is 0.973. The van der Waals surface area contributed by atoms with E-state index >= 15 is 0 Å². The molecule has 0 heterocycles. The fraction of sp³-hybridized carbons (Fsp3) is 0.400. The Labute approximate surface area is 65.6 Å². The van der Waals surface area contributed by atoms with Crippen LogP contribution in [0.2, 0.25) is 0 Å². The first kappa shape index (κ1) is 8.91. The average Bonchev–Trinajstić information content (AvgIpc) is 1.82. The number of carbonyl (C=O) groups is 1. The zero-order chi connectivity index (χ0) is 7.28. The number of rotatable bonds is 3. The van der Waals surface area contributed by atoms with Crippen molar-refractivity contribution in [2.24, 2.45) is 0 Å². The summed E-state index contributed by atoms with van der Waals surface area (Å²) >= 11 is 1.93. The molecule has 9 heavy (non-hydrogen) atoms. The number of hydrogen-bond donors (Lipinski definition) is 1. The molecule has 0 spiro atoms. The molecule has 0 rings (SSSR count). The van der Waals surface area contributed by atoms with E-state index in [0.717, 1.165) is 0 Å². The molecule has 3 nitrogen and oxygen atoms in total. The van der Waals surface area contributed by atoms with Gasteiger partial charge in [0, 0.05) is 0 Å². The van der Waals surface area contributed by atoms with Gasteiger partial charge in [0.25, 0.3) is 0 Å². The molecule has 0 atom stereocenters. The number of esters is 1. The second-order valence-corrected chi connectivity index (χ2v) is 2.53. The maximum absolute atomic E-state index is 10.5. The zero-order valence-corrected chi connectivity index (χ0v) is 6.85. The van der Waals surface area contributed by atoms with E-state index in [1.165, 1.54) is 0 Å². The van der Waals surface area contributed by atoms with Gasteiger partial charge < -0.3 is 0 Å². The van der Waals surface area contributed by atoms with Gasteiger partial charge in [-0.05, 0) is 0 Å². The summed E-state index contributed by atoms with van der Waals surface area (Å²) in [7, 11) is 0. The van der Waals surface area contributed by atoms with Gasteiger partial charge in [0.05, 0.1) is 0 Å². The maximum atomic E-state index is 10.5. The van der Waals surface area contributed by atoms with Crippen LogP contribution in [0, 0.1) is 0 Å². The van der Waals surface area contributed by atoms with Crippen molar-refractivity contribution in [3.63, 3.8) is 0 Å². The number of carbonyl (C=O) groups excluding carboxylic acids is 1.